The molecule has 1 saturated carbocycles. The Hall–Kier alpha value is -1.22. The van der Waals surface area contributed by atoms with Crippen LogP contribution in [0.5, 0.6) is 11.5 Å². The van der Waals surface area contributed by atoms with Gasteiger partial charge in [-0.2, -0.15) is 0 Å². The topological polar surface area (TPSA) is 30.5 Å². The number of nitrogens with one attached hydrogen (secondary N) is 1. The first-order valence-corrected chi connectivity index (χ1v) is 5.91. The molecule has 1 aliphatic carbocycles. The standard InChI is InChI=1S/C13H17NO2/c1-14-7-9-4-11(5-9)10-2-3-12-13(6-10)16-8-15-12/h2-3,6,9,11,14H,4-5,7-8H2,1H3. The van der Waals surface area contributed by atoms with E-state index in [-0.39, 0.29) is 0 Å². The molecule has 0 amide bonds. The zero-order valence-electron chi connectivity index (χ0n) is 9.53. The van der Waals surface area contributed by atoms with Gasteiger partial charge in [0.15, 0.2) is 11.5 Å². The number of hydrogen-bond acceptors (Lipinski definition) is 3. The van der Waals surface area contributed by atoms with E-state index in [0.717, 1.165) is 24.0 Å². The highest BCUT2D eigenvalue weighted by Gasteiger charge is 2.30. The third-order valence-electron chi connectivity index (χ3n) is 3.60. The number of benzene rings is 1. The Morgan fingerprint density at radius 3 is 2.88 bits per heavy atom. The van der Waals surface area contributed by atoms with Gasteiger partial charge in [0, 0.05) is 0 Å². The Morgan fingerprint density at radius 1 is 1.25 bits per heavy atom. The maximum Gasteiger partial charge on any atom is 0.231 e. The van der Waals surface area contributed by atoms with Crippen LogP contribution in [0.2, 0.25) is 0 Å². The van der Waals surface area contributed by atoms with E-state index >= 15 is 0 Å². The van der Waals surface area contributed by atoms with Crippen molar-refractivity contribution in [3.05, 3.63) is 23.8 Å². The van der Waals surface area contributed by atoms with Crippen LogP contribution in [0.3, 0.4) is 0 Å². The number of hydrogen-bond donors (Lipinski definition) is 1. The minimum Gasteiger partial charge on any atom is -0.454 e. The molecule has 0 unspecified atom stereocenters. The van der Waals surface area contributed by atoms with Crippen molar-refractivity contribution in [1.82, 2.24) is 5.32 Å². The average molecular weight is 219 g/mol. The van der Waals surface area contributed by atoms with Crippen molar-refractivity contribution in [2.75, 3.05) is 20.4 Å². The van der Waals surface area contributed by atoms with E-state index in [1.54, 1.807) is 0 Å². The summed E-state index contributed by atoms with van der Waals surface area (Å²) < 4.78 is 10.7. The highest BCUT2D eigenvalue weighted by Crippen LogP contribution is 2.44. The summed E-state index contributed by atoms with van der Waals surface area (Å²) in [5.74, 6) is 3.36. The molecule has 0 radical (unpaired) electrons. The van der Waals surface area contributed by atoms with E-state index in [0.29, 0.717) is 12.7 Å². The highest BCUT2D eigenvalue weighted by molar-refractivity contribution is 5.45. The fraction of sp³-hybridized carbons (Fsp3) is 0.538. The fourth-order valence-corrected chi connectivity index (χ4v) is 2.63. The summed E-state index contributed by atoms with van der Waals surface area (Å²) >= 11 is 0. The van der Waals surface area contributed by atoms with Crippen LogP contribution in [-0.4, -0.2) is 20.4 Å². The first-order chi connectivity index (χ1) is 7.86. The van der Waals surface area contributed by atoms with Crippen LogP contribution in [0.25, 0.3) is 0 Å². The van der Waals surface area contributed by atoms with Crippen LogP contribution < -0.4 is 14.8 Å². The summed E-state index contributed by atoms with van der Waals surface area (Å²) in [4.78, 5) is 0. The van der Waals surface area contributed by atoms with E-state index < -0.39 is 0 Å². The van der Waals surface area contributed by atoms with Gasteiger partial charge in [-0.25, -0.2) is 0 Å². The zero-order valence-corrected chi connectivity index (χ0v) is 9.53. The maximum absolute atomic E-state index is 5.40. The van der Waals surface area contributed by atoms with Gasteiger partial charge in [-0.3, -0.25) is 0 Å². The molecular formula is C13H17NO2. The molecule has 16 heavy (non-hydrogen) atoms. The van der Waals surface area contributed by atoms with Gasteiger partial charge in [-0.15, -0.1) is 0 Å². The van der Waals surface area contributed by atoms with Gasteiger partial charge >= 0.3 is 0 Å². The molecule has 1 fully saturated rings. The van der Waals surface area contributed by atoms with Crippen LogP contribution in [0.15, 0.2) is 18.2 Å². The molecule has 1 aliphatic heterocycles. The van der Waals surface area contributed by atoms with Gasteiger partial charge < -0.3 is 14.8 Å². The van der Waals surface area contributed by atoms with Crippen LogP contribution in [0, 0.1) is 5.92 Å². The SMILES string of the molecule is CNCC1CC(c2ccc3c(c2)OCO3)C1. The minimum absolute atomic E-state index is 0.367. The Kier molecular flexibility index (Phi) is 2.48. The van der Waals surface area contributed by atoms with Crippen molar-refractivity contribution >= 4 is 0 Å². The van der Waals surface area contributed by atoms with Crippen molar-refractivity contribution in [2.24, 2.45) is 5.92 Å². The van der Waals surface area contributed by atoms with E-state index in [2.05, 4.69) is 17.4 Å². The molecule has 0 aromatic heterocycles. The number of fused-ring (bicyclic) bond motifs is 1. The summed E-state index contributed by atoms with van der Waals surface area (Å²) in [5, 5.41) is 3.24. The minimum atomic E-state index is 0.367. The van der Waals surface area contributed by atoms with Gasteiger partial charge in [0.25, 0.3) is 0 Å². The lowest BCUT2D eigenvalue weighted by atomic mass is 9.71. The molecular weight excluding hydrogens is 202 g/mol. The molecule has 1 heterocycles. The lowest BCUT2D eigenvalue weighted by Gasteiger charge is -2.35. The Balaban J connectivity index is 1.68. The molecule has 0 atom stereocenters. The molecule has 0 spiro atoms. The Morgan fingerprint density at radius 2 is 2.06 bits per heavy atom. The second-order valence-corrected chi connectivity index (χ2v) is 4.70. The third-order valence-corrected chi connectivity index (χ3v) is 3.60. The zero-order chi connectivity index (χ0) is 11.0. The Labute approximate surface area is 95.8 Å². The van der Waals surface area contributed by atoms with E-state index in [9.17, 15) is 0 Å². The second kappa shape index (κ2) is 3.98. The summed E-state index contributed by atoms with van der Waals surface area (Å²) in [6.45, 7) is 1.51. The molecule has 3 nitrogen and oxygen atoms in total. The van der Waals surface area contributed by atoms with Gasteiger partial charge in [0.05, 0.1) is 0 Å². The normalized spacial score (nSPS) is 26.6. The highest BCUT2D eigenvalue weighted by atomic mass is 16.7. The molecule has 2 aliphatic rings. The third kappa shape index (κ3) is 1.65. The number of ether oxygens (including phenoxy) is 2. The average Bonchev–Trinajstić information content (AvgIpc) is 2.69. The molecule has 86 valence electrons. The quantitative estimate of drug-likeness (QED) is 0.844. The number of rotatable bonds is 3. The van der Waals surface area contributed by atoms with E-state index in [4.69, 9.17) is 9.47 Å². The summed E-state index contributed by atoms with van der Waals surface area (Å²) in [7, 11) is 2.02. The molecule has 0 saturated heterocycles. The molecule has 1 N–H and O–H groups in total. The first kappa shape index (κ1) is 9.97. The van der Waals surface area contributed by atoms with Gasteiger partial charge in [-0.05, 0) is 56.0 Å². The summed E-state index contributed by atoms with van der Waals surface area (Å²) in [6.07, 6.45) is 2.58. The van der Waals surface area contributed by atoms with Crippen LogP contribution in [0.1, 0.15) is 24.3 Å². The summed E-state index contributed by atoms with van der Waals surface area (Å²) in [6, 6.07) is 6.35. The Bertz CT molecular complexity index is 386. The molecule has 3 heteroatoms. The maximum atomic E-state index is 5.40. The van der Waals surface area contributed by atoms with Gasteiger partial charge in [0.2, 0.25) is 6.79 Å². The van der Waals surface area contributed by atoms with Crippen molar-refractivity contribution in [3.8, 4) is 11.5 Å². The van der Waals surface area contributed by atoms with Crippen LogP contribution >= 0.6 is 0 Å². The second-order valence-electron chi connectivity index (χ2n) is 4.70. The van der Waals surface area contributed by atoms with E-state index in [1.807, 2.05) is 13.1 Å². The van der Waals surface area contributed by atoms with Crippen molar-refractivity contribution in [3.63, 3.8) is 0 Å². The first-order valence-electron chi connectivity index (χ1n) is 5.91. The van der Waals surface area contributed by atoms with Crippen molar-refractivity contribution in [2.45, 2.75) is 18.8 Å². The van der Waals surface area contributed by atoms with Crippen molar-refractivity contribution < 1.29 is 9.47 Å². The predicted molar refractivity (Wildman–Crippen MR) is 62.0 cm³/mol. The summed E-state index contributed by atoms with van der Waals surface area (Å²) in [5.41, 5.74) is 1.40. The predicted octanol–water partition coefficient (Wildman–Crippen LogP) is 2.13. The van der Waals surface area contributed by atoms with Gasteiger partial charge in [-0.1, -0.05) is 6.07 Å². The molecule has 0 bridgehead atoms. The molecule has 1 aromatic rings. The van der Waals surface area contributed by atoms with Crippen LogP contribution in [-0.2, 0) is 0 Å². The van der Waals surface area contributed by atoms with Crippen molar-refractivity contribution in [1.29, 1.82) is 0 Å². The largest absolute Gasteiger partial charge is 0.454 e. The smallest absolute Gasteiger partial charge is 0.231 e. The fourth-order valence-electron chi connectivity index (χ4n) is 2.63. The van der Waals surface area contributed by atoms with Crippen LogP contribution in [0.4, 0.5) is 0 Å². The van der Waals surface area contributed by atoms with Gasteiger partial charge in [0.1, 0.15) is 0 Å². The lowest BCUT2D eigenvalue weighted by Crippen LogP contribution is -2.30. The van der Waals surface area contributed by atoms with E-state index in [1.165, 1.54) is 18.4 Å². The lowest BCUT2D eigenvalue weighted by molar-refractivity contribution is 0.174. The monoisotopic (exact) mass is 219 g/mol. The molecule has 1 aromatic carbocycles. The molecule has 3 rings (SSSR count).